The molecule has 4 N–H and O–H groups in total. The van der Waals surface area contributed by atoms with Crippen molar-refractivity contribution in [2.75, 3.05) is 13.1 Å². The molecule has 7 nitrogen and oxygen atoms in total. The van der Waals surface area contributed by atoms with Crippen LogP contribution in [0.1, 0.15) is 32.6 Å². The van der Waals surface area contributed by atoms with Gasteiger partial charge in [0.2, 0.25) is 10.0 Å². The largest absolute Gasteiger partial charge is 0.370 e. The summed E-state index contributed by atoms with van der Waals surface area (Å²) in [7, 11) is -3.64. The minimum Gasteiger partial charge on any atom is -0.370 e. The molecule has 1 heterocycles. The number of sulfonamides is 1. The van der Waals surface area contributed by atoms with E-state index < -0.39 is 10.0 Å². The topological polar surface area (TPSA) is 115 Å². The van der Waals surface area contributed by atoms with Gasteiger partial charge in [0.15, 0.2) is 11.8 Å². The number of fused-ring (bicyclic) bond motifs is 1. The van der Waals surface area contributed by atoms with Crippen LogP contribution >= 0.6 is 11.6 Å². The van der Waals surface area contributed by atoms with Gasteiger partial charge in [-0.2, -0.15) is 9.30 Å². The van der Waals surface area contributed by atoms with Crippen LogP contribution in [0.15, 0.2) is 34.3 Å². The van der Waals surface area contributed by atoms with Crippen molar-refractivity contribution in [2.45, 2.75) is 37.5 Å². The Morgan fingerprint density at radius 3 is 2.63 bits per heavy atom. The van der Waals surface area contributed by atoms with Gasteiger partial charge in [-0.3, -0.25) is 0 Å². The van der Waals surface area contributed by atoms with Crippen molar-refractivity contribution < 1.29 is 8.42 Å². The average Bonchev–Trinajstić information content (AvgIpc) is 3.14. The van der Waals surface area contributed by atoms with Crippen LogP contribution in [0.5, 0.6) is 0 Å². The number of hydrogen-bond acceptors (Lipinski definition) is 4. The molecule has 1 fully saturated rings. The van der Waals surface area contributed by atoms with Gasteiger partial charge >= 0.3 is 0 Å². The van der Waals surface area contributed by atoms with Crippen LogP contribution in [-0.4, -0.2) is 36.8 Å². The summed E-state index contributed by atoms with van der Waals surface area (Å²) in [5, 5.41) is 1.54. The van der Waals surface area contributed by atoms with Crippen LogP contribution in [-0.2, 0) is 10.0 Å². The second-order valence-corrected chi connectivity index (χ2v) is 9.13. The highest BCUT2D eigenvalue weighted by atomic mass is 35.5. The summed E-state index contributed by atoms with van der Waals surface area (Å²) < 4.78 is 27.9. The second-order valence-electron chi connectivity index (χ2n) is 6.78. The number of hydrogen-bond donors (Lipinski definition) is 2. The highest BCUT2D eigenvalue weighted by Gasteiger charge is 2.28. The van der Waals surface area contributed by atoms with Gasteiger partial charge in [0.1, 0.15) is 0 Å². The Balaban J connectivity index is 2.05. The van der Waals surface area contributed by atoms with Crippen molar-refractivity contribution in [2.24, 2.45) is 22.4 Å². The molecule has 0 atom stereocenters. The molecular formula is C18H24ClN5O2S. The minimum atomic E-state index is -3.64. The molecule has 146 valence electrons. The van der Waals surface area contributed by atoms with Gasteiger partial charge in [0.25, 0.3) is 0 Å². The molecule has 0 amide bonds. The Kier molecular flexibility index (Phi) is 5.88. The molecule has 1 aromatic carbocycles. The Morgan fingerprint density at radius 2 is 2.00 bits per heavy atom. The lowest BCUT2D eigenvalue weighted by Gasteiger charge is -2.24. The quantitative estimate of drug-likeness (QED) is 0.562. The third kappa shape index (κ3) is 4.17. The first kappa shape index (κ1) is 19.9. The highest BCUT2D eigenvalue weighted by molar-refractivity contribution is 7.89. The number of aromatic nitrogens is 1. The molecule has 2 aromatic rings. The maximum atomic E-state index is 13.2. The molecule has 1 aliphatic carbocycles. The lowest BCUT2D eigenvalue weighted by molar-refractivity contribution is 0.356. The summed E-state index contributed by atoms with van der Waals surface area (Å²) in [6.07, 6.45) is 5.95. The molecule has 0 bridgehead atoms. The monoisotopic (exact) mass is 409 g/mol. The van der Waals surface area contributed by atoms with E-state index in [0.717, 1.165) is 12.8 Å². The molecule has 1 aromatic heterocycles. The normalized spacial score (nSPS) is 15.5. The van der Waals surface area contributed by atoms with Gasteiger partial charge in [-0.25, -0.2) is 13.4 Å². The molecule has 1 aliphatic rings. The molecule has 0 radical (unpaired) electrons. The van der Waals surface area contributed by atoms with Gasteiger partial charge in [-0.1, -0.05) is 37.4 Å². The number of halogens is 1. The average molecular weight is 410 g/mol. The number of guanidine groups is 1. The Hall–Kier alpha value is -1.90. The summed E-state index contributed by atoms with van der Waals surface area (Å²) in [5.74, 6) is 0.509. The first-order valence-electron chi connectivity index (χ1n) is 9.01. The van der Waals surface area contributed by atoms with Crippen LogP contribution in [0.25, 0.3) is 10.8 Å². The van der Waals surface area contributed by atoms with Gasteiger partial charge < -0.3 is 11.5 Å². The first-order chi connectivity index (χ1) is 12.8. The molecular weight excluding hydrogens is 386 g/mol. The maximum Gasteiger partial charge on any atom is 0.243 e. The first-order valence-corrected chi connectivity index (χ1v) is 10.8. The van der Waals surface area contributed by atoms with E-state index >= 15 is 0 Å². The van der Waals surface area contributed by atoms with E-state index in [4.69, 9.17) is 23.1 Å². The van der Waals surface area contributed by atoms with E-state index in [9.17, 15) is 8.42 Å². The molecule has 0 unspecified atom stereocenters. The Bertz CT molecular complexity index is 967. The molecule has 9 heteroatoms. The van der Waals surface area contributed by atoms with Crippen molar-refractivity contribution >= 4 is 44.2 Å². The number of benzene rings is 1. The molecule has 0 saturated heterocycles. The third-order valence-electron chi connectivity index (χ3n) is 4.95. The van der Waals surface area contributed by atoms with Crippen molar-refractivity contribution in [3.8, 4) is 0 Å². The van der Waals surface area contributed by atoms with Crippen LogP contribution in [0, 0.1) is 5.92 Å². The Labute approximate surface area is 164 Å². The van der Waals surface area contributed by atoms with Crippen LogP contribution in [0.4, 0.5) is 5.82 Å². The SMILES string of the molecule is CCN(CC1CCCC1)S(=O)(=O)c1ccc2c(Cl)cnc(N=C(N)N)c2c1. The fourth-order valence-electron chi connectivity index (χ4n) is 3.57. The summed E-state index contributed by atoms with van der Waals surface area (Å²) in [5.41, 5.74) is 10.9. The van der Waals surface area contributed by atoms with Crippen LogP contribution < -0.4 is 11.5 Å². The van der Waals surface area contributed by atoms with Gasteiger partial charge in [-0.15, -0.1) is 0 Å². The summed E-state index contributed by atoms with van der Waals surface area (Å²) in [4.78, 5) is 8.31. The highest BCUT2D eigenvalue weighted by Crippen LogP contribution is 2.33. The van der Waals surface area contributed by atoms with Crippen molar-refractivity contribution in [3.05, 3.63) is 29.4 Å². The van der Waals surface area contributed by atoms with E-state index in [-0.39, 0.29) is 16.7 Å². The lowest BCUT2D eigenvalue weighted by Crippen LogP contribution is -2.34. The molecule has 3 rings (SSSR count). The summed E-state index contributed by atoms with van der Waals surface area (Å²) >= 11 is 6.20. The van der Waals surface area contributed by atoms with E-state index in [1.165, 1.54) is 19.0 Å². The summed E-state index contributed by atoms with van der Waals surface area (Å²) in [6, 6.07) is 4.78. The molecule has 1 saturated carbocycles. The van der Waals surface area contributed by atoms with E-state index in [2.05, 4.69) is 9.98 Å². The fourth-order valence-corrected chi connectivity index (χ4v) is 5.34. The number of nitrogens with two attached hydrogens (primary N) is 2. The minimum absolute atomic E-state index is 0.157. The zero-order valence-electron chi connectivity index (χ0n) is 15.2. The number of nitrogens with zero attached hydrogens (tertiary/aromatic N) is 3. The van der Waals surface area contributed by atoms with Crippen LogP contribution in [0.3, 0.4) is 0 Å². The van der Waals surface area contributed by atoms with E-state index in [1.54, 1.807) is 22.5 Å². The number of rotatable bonds is 6. The third-order valence-corrected chi connectivity index (χ3v) is 7.19. The van der Waals surface area contributed by atoms with Gasteiger partial charge in [-0.05, 0) is 30.9 Å². The lowest BCUT2D eigenvalue weighted by atomic mass is 10.1. The fraction of sp³-hybridized carbons (Fsp3) is 0.444. The van der Waals surface area contributed by atoms with Crippen molar-refractivity contribution in [1.29, 1.82) is 0 Å². The summed E-state index contributed by atoms with van der Waals surface area (Å²) in [6.45, 7) is 2.83. The molecule has 27 heavy (non-hydrogen) atoms. The number of pyridine rings is 1. The predicted molar refractivity (Wildman–Crippen MR) is 109 cm³/mol. The maximum absolute atomic E-state index is 13.2. The van der Waals surface area contributed by atoms with E-state index in [1.807, 2.05) is 6.92 Å². The smallest absolute Gasteiger partial charge is 0.243 e. The predicted octanol–water partition coefficient (Wildman–Crippen LogP) is 2.99. The van der Waals surface area contributed by atoms with E-state index in [0.29, 0.717) is 34.8 Å². The zero-order chi connectivity index (χ0) is 19.6. The molecule has 0 spiro atoms. The second kappa shape index (κ2) is 8.00. The van der Waals surface area contributed by atoms with Crippen molar-refractivity contribution in [1.82, 2.24) is 9.29 Å². The van der Waals surface area contributed by atoms with Crippen molar-refractivity contribution in [3.63, 3.8) is 0 Å². The molecule has 0 aliphatic heterocycles. The number of aliphatic imine (C=N–C) groups is 1. The Morgan fingerprint density at radius 1 is 1.30 bits per heavy atom. The zero-order valence-corrected chi connectivity index (χ0v) is 16.8. The van der Waals surface area contributed by atoms with Gasteiger partial charge in [0, 0.05) is 30.1 Å². The standard InChI is InChI=1S/C18H24ClN5O2S/c1-2-24(11-12-5-3-4-6-12)27(25,26)13-7-8-14-15(9-13)17(23-18(20)21)22-10-16(14)19/h7-10,12H,2-6,11H2,1H3,(H4,20,21,22,23). The van der Waals surface area contributed by atoms with Crippen LogP contribution in [0.2, 0.25) is 5.02 Å². The van der Waals surface area contributed by atoms with Gasteiger partial charge in [0.05, 0.1) is 9.92 Å².